The SMILES string of the molecule is CS(=O)(=O)c1cccc(-c2ccc(C=O)cn2)c1. The Morgan fingerprint density at radius 1 is 1.17 bits per heavy atom. The van der Waals surface area contributed by atoms with Gasteiger partial charge < -0.3 is 0 Å². The number of hydrogen-bond acceptors (Lipinski definition) is 4. The van der Waals surface area contributed by atoms with E-state index in [0.717, 1.165) is 6.26 Å². The summed E-state index contributed by atoms with van der Waals surface area (Å²) in [6.07, 6.45) is 3.33. The van der Waals surface area contributed by atoms with Gasteiger partial charge in [-0.05, 0) is 24.3 Å². The van der Waals surface area contributed by atoms with Crippen molar-refractivity contribution in [2.75, 3.05) is 6.26 Å². The molecule has 0 aliphatic heterocycles. The van der Waals surface area contributed by atoms with Crippen LogP contribution in [0.25, 0.3) is 11.3 Å². The summed E-state index contributed by atoms with van der Waals surface area (Å²) in [4.78, 5) is 14.9. The van der Waals surface area contributed by atoms with Crippen molar-refractivity contribution in [1.29, 1.82) is 0 Å². The lowest BCUT2D eigenvalue weighted by molar-refractivity contribution is 0.112. The number of nitrogens with zero attached hydrogens (tertiary/aromatic N) is 1. The van der Waals surface area contributed by atoms with Gasteiger partial charge in [0.25, 0.3) is 0 Å². The maximum atomic E-state index is 11.5. The molecule has 1 heterocycles. The van der Waals surface area contributed by atoms with E-state index in [9.17, 15) is 13.2 Å². The minimum absolute atomic E-state index is 0.251. The standard InChI is InChI=1S/C13H11NO3S/c1-18(16,17)12-4-2-3-11(7-12)13-6-5-10(9-15)8-14-13/h2-9H,1H3. The van der Waals surface area contributed by atoms with Crippen LogP contribution in [0.15, 0.2) is 47.5 Å². The second kappa shape index (κ2) is 4.70. The third-order valence-electron chi connectivity index (χ3n) is 2.48. The van der Waals surface area contributed by atoms with Gasteiger partial charge >= 0.3 is 0 Å². The Bertz CT molecular complexity index is 676. The van der Waals surface area contributed by atoms with Gasteiger partial charge in [0.2, 0.25) is 0 Å². The first-order valence-corrected chi connectivity index (χ1v) is 7.11. The number of pyridine rings is 1. The highest BCUT2D eigenvalue weighted by Gasteiger charge is 2.08. The molecule has 0 saturated heterocycles. The lowest BCUT2D eigenvalue weighted by Gasteiger charge is -2.03. The lowest BCUT2D eigenvalue weighted by atomic mass is 10.1. The Morgan fingerprint density at radius 3 is 2.50 bits per heavy atom. The molecule has 2 rings (SSSR count). The van der Waals surface area contributed by atoms with Gasteiger partial charge in [0, 0.05) is 23.6 Å². The van der Waals surface area contributed by atoms with Crippen LogP contribution >= 0.6 is 0 Å². The Balaban J connectivity index is 2.47. The molecule has 18 heavy (non-hydrogen) atoms. The molecule has 0 aliphatic carbocycles. The lowest BCUT2D eigenvalue weighted by Crippen LogP contribution is -1.97. The molecule has 0 bridgehead atoms. The summed E-state index contributed by atoms with van der Waals surface area (Å²) < 4.78 is 22.9. The zero-order valence-electron chi connectivity index (χ0n) is 9.70. The van der Waals surface area contributed by atoms with E-state index in [4.69, 9.17) is 0 Å². The zero-order chi connectivity index (χ0) is 13.2. The molecule has 4 nitrogen and oxygen atoms in total. The number of carbonyl (C=O) groups is 1. The van der Waals surface area contributed by atoms with Crippen LogP contribution < -0.4 is 0 Å². The maximum absolute atomic E-state index is 11.5. The summed E-state index contributed by atoms with van der Waals surface area (Å²) in [6.45, 7) is 0. The van der Waals surface area contributed by atoms with Gasteiger partial charge in [-0.15, -0.1) is 0 Å². The largest absolute Gasteiger partial charge is 0.298 e. The van der Waals surface area contributed by atoms with Gasteiger partial charge in [-0.2, -0.15) is 0 Å². The number of aldehydes is 1. The van der Waals surface area contributed by atoms with Crippen LogP contribution in [0.4, 0.5) is 0 Å². The molecule has 0 N–H and O–H groups in total. The fourth-order valence-electron chi connectivity index (χ4n) is 1.53. The normalized spacial score (nSPS) is 11.2. The van der Waals surface area contributed by atoms with Crippen molar-refractivity contribution in [1.82, 2.24) is 4.98 Å². The average Bonchev–Trinajstić information content (AvgIpc) is 2.38. The molecule has 2 aromatic rings. The number of benzene rings is 1. The number of carbonyl (C=O) groups excluding carboxylic acids is 1. The van der Waals surface area contributed by atoms with Crippen LogP contribution in [0.5, 0.6) is 0 Å². The van der Waals surface area contributed by atoms with Crippen LogP contribution in [-0.4, -0.2) is 25.9 Å². The molecule has 0 amide bonds. The topological polar surface area (TPSA) is 64.1 Å². The van der Waals surface area contributed by atoms with Gasteiger partial charge in [-0.25, -0.2) is 8.42 Å². The van der Waals surface area contributed by atoms with Crippen molar-refractivity contribution in [2.45, 2.75) is 4.90 Å². The fourth-order valence-corrected chi connectivity index (χ4v) is 2.20. The Hall–Kier alpha value is -2.01. The highest BCUT2D eigenvalue weighted by Crippen LogP contribution is 2.20. The third kappa shape index (κ3) is 2.62. The molecule has 1 aromatic carbocycles. The van der Waals surface area contributed by atoms with Crippen LogP contribution in [0.2, 0.25) is 0 Å². The molecular formula is C13H11NO3S. The van der Waals surface area contributed by atoms with E-state index in [1.165, 1.54) is 6.20 Å². The molecule has 0 spiro atoms. The summed E-state index contributed by atoms with van der Waals surface area (Å²) in [5.41, 5.74) is 1.82. The van der Waals surface area contributed by atoms with E-state index in [1.54, 1.807) is 36.4 Å². The smallest absolute Gasteiger partial charge is 0.175 e. The van der Waals surface area contributed by atoms with E-state index in [-0.39, 0.29) is 4.90 Å². The zero-order valence-corrected chi connectivity index (χ0v) is 10.5. The van der Waals surface area contributed by atoms with Crippen molar-refractivity contribution < 1.29 is 13.2 Å². The number of rotatable bonds is 3. The molecule has 0 unspecified atom stereocenters. The second-order valence-corrected chi connectivity index (χ2v) is 5.91. The molecule has 5 heteroatoms. The van der Waals surface area contributed by atoms with Gasteiger partial charge in [-0.1, -0.05) is 12.1 Å². The van der Waals surface area contributed by atoms with Crippen LogP contribution in [-0.2, 0) is 9.84 Å². The van der Waals surface area contributed by atoms with Gasteiger partial charge in [0.15, 0.2) is 16.1 Å². The highest BCUT2D eigenvalue weighted by atomic mass is 32.2. The van der Waals surface area contributed by atoms with Crippen molar-refractivity contribution in [3.05, 3.63) is 48.2 Å². The van der Waals surface area contributed by atoms with E-state index >= 15 is 0 Å². The molecule has 0 saturated carbocycles. The number of hydrogen-bond donors (Lipinski definition) is 0. The predicted octanol–water partition coefficient (Wildman–Crippen LogP) is 1.96. The Kier molecular flexibility index (Phi) is 3.25. The first kappa shape index (κ1) is 12.4. The maximum Gasteiger partial charge on any atom is 0.175 e. The first-order chi connectivity index (χ1) is 8.50. The van der Waals surface area contributed by atoms with Gasteiger partial charge in [0.1, 0.15) is 0 Å². The number of aromatic nitrogens is 1. The predicted molar refractivity (Wildman–Crippen MR) is 68.2 cm³/mol. The average molecular weight is 261 g/mol. The fraction of sp³-hybridized carbons (Fsp3) is 0.0769. The van der Waals surface area contributed by atoms with Crippen molar-refractivity contribution in [3.63, 3.8) is 0 Å². The van der Waals surface area contributed by atoms with Crippen LogP contribution in [0, 0.1) is 0 Å². The van der Waals surface area contributed by atoms with Crippen molar-refractivity contribution >= 4 is 16.1 Å². The van der Waals surface area contributed by atoms with Gasteiger partial charge in [0.05, 0.1) is 10.6 Å². The minimum atomic E-state index is -3.23. The molecule has 0 fully saturated rings. The highest BCUT2D eigenvalue weighted by molar-refractivity contribution is 7.90. The van der Waals surface area contributed by atoms with E-state index < -0.39 is 9.84 Å². The molecule has 0 aliphatic rings. The minimum Gasteiger partial charge on any atom is -0.298 e. The first-order valence-electron chi connectivity index (χ1n) is 5.22. The van der Waals surface area contributed by atoms with E-state index in [2.05, 4.69) is 4.98 Å². The molecule has 0 atom stereocenters. The monoisotopic (exact) mass is 261 g/mol. The van der Waals surface area contributed by atoms with E-state index in [0.29, 0.717) is 23.1 Å². The summed E-state index contributed by atoms with van der Waals surface area (Å²) >= 11 is 0. The van der Waals surface area contributed by atoms with Crippen LogP contribution in [0.3, 0.4) is 0 Å². The van der Waals surface area contributed by atoms with Crippen molar-refractivity contribution in [2.24, 2.45) is 0 Å². The summed E-state index contributed by atoms with van der Waals surface area (Å²) in [6, 6.07) is 9.88. The van der Waals surface area contributed by atoms with E-state index in [1.807, 2.05) is 0 Å². The quantitative estimate of drug-likeness (QED) is 0.792. The Labute approximate surface area is 105 Å². The molecule has 1 aromatic heterocycles. The van der Waals surface area contributed by atoms with Crippen molar-refractivity contribution in [3.8, 4) is 11.3 Å². The molecule has 92 valence electrons. The molecule has 0 radical (unpaired) electrons. The number of sulfone groups is 1. The molecular weight excluding hydrogens is 250 g/mol. The summed E-state index contributed by atoms with van der Waals surface area (Å²) in [5, 5.41) is 0. The second-order valence-electron chi connectivity index (χ2n) is 3.89. The van der Waals surface area contributed by atoms with Gasteiger partial charge in [-0.3, -0.25) is 9.78 Å². The Morgan fingerprint density at radius 2 is 1.94 bits per heavy atom. The van der Waals surface area contributed by atoms with Crippen LogP contribution in [0.1, 0.15) is 10.4 Å². The summed E-state index contributed by atoms with van der Waals surface area (Å²) in [5.74, 6) is 0. The summed E-state index contributed by atoms with van der Waals surface area (Å²) in [7, 11) is -3.23. The third-order valence-corrected chi connectivity index (χ3v) is 3.59.